The van der Waals surface area contributed by atoms with E-state index in [9.17, 15) is 19.5 Å². The molecule has 1 aliphatic heterocycles. The second kappa shape index (κ2) is 17.0. The molecule has 0 aromatic heterocycles. The standard InChI is InChI=1S/C20H28ClNO4.C18H22ClNO3/c1-4-14-8-10-20(11-9-14,19(24)26-5-2)22-18(23)12-15-6-7-16(25-3)13-17(15)21;1-3-11-6-8-18(9-7-11)16(21)15(17(22)20-18)13-5-4-12(23-2)10-14(13)19/h6-7,13-14H,4-5,8-12H2,1-3H3,(H,22,23);4-5,10-11,21H,3,6-9H2,1-2H3,(H,20,22). The van der Waals surface area contributed by atoms with Crippen LogP contribution in [0.3, 0.4) is 0 Å². The normalized spacial score (nSPS) is 24.8. The van der Waals surface area contributed by atoms with Gasteiger partial charge in [0, 0.05) is 10.6 Å². The summed E-state index contributed by atoms with van der Waals surface area (Å²) in [7, 11) is 3.12. The molecule has 0 radical (unpaired) electrons. The van der Waals surface area contributed by atoms with Crippen molar-refractivity contribution in [2.24, 2.45) is 11.8 Å². The number of hydrogen-bond acceptors (Lipinski definition) is 7. The van der Waals surface area contributed by atoms with Crippen molar-refractivity contribution in [3.8, 4) is 11.5 Å². The Balaban J connectivity index is 0.000000222. The number of benzene rings is 2. The molecule has 2 aromatic rings. The first-order chi connectivity index (χ1) is 23.4. The summed E-state index contributed by atoms with van der Waals surface area (Å²) >= 11 is 12.5. The number of carbonyl (C=O) groups is 3. The number of carbonyl (C=O) groups excluding carboxylic acids is 3. The highest BCUT2D eigenvalue weighted by Gasteiger charge is 2.48. The molecule has 2 fully saturated rings. The topological polar surface area (TPSA) is 123 Å². The summed E-state index contributed by atoms with van der Waals surface area (Å²) < 4.78 is 15.5. The van der Waals surface area contributed by atoms with Crippen LogP contribution in [0.4, 0.5) is 0 Å². The maximum atomic E-state index is 12.6. The highest BCUT2D eigenvalue weighted by molar-refractivity contribution is 6.35. The molecule has 3 N–H and O–H groups in total. The van der Waals surface area contributed by atoms with Crippen molar-refractivity contribution in [1.82, 2.24) is 10.6 Å². The van der Waals surface area contributed by atoms with E-state index in [-0.39, 0.29) is 30.0 Å². The summed E-state index contributed by atoms with van der Waals surface area (Å²) in [6.07, 6.45) is 9.01. The van der Waals surface area contributed by atoms with Gasteiger partial charge in [0.05, 0.1) is 43.4 Å². The van der Waals surface area contributed by atoms with Crippen LogP contribution in [0, 0.1) is 11.8 Å². The predicted molar refractivity (Wildman–Crippen MR) is 192 cm³/mol. The fourth-order valence-electron chi connectivity index (χ4n) is 7.21. The molecule has 9 nitrogen and oxygen atoms in total. The van der Waals surface area contributed by atoms with Gasteiger partial charge in [0.1, 0.15) is 22.8 Å². The lowest BCUT2D eigenvalue weighted by Gasteiger charge is -2.38. The van der Waals surface area contributed by atoms with Gasteiger partial charge in [-0.25, -0.2) is 4.79 Å². The molecule has 3 aliphatic rings. The van der Waals surface area contributed by atoms with Crippen LogP contribution in [-0.4, -0.2) is 54.8 Å². The number of aliphatic hydroxyl groups excluding tert-OH is 1. The maximum absolute atomic E-state index is 12.6. The number of aliphatic hydroxyl groups is 1. The number of halogens is 2. The Morgan fingerprint density at radius 3 is 1.94 bits per heavy atom. The van der Waals surface area contributed by atoms with Crippen LogP contribution < -0.4 is 20.1 Å². The number of methoxy groups -OCH3 is 2. The van der Waals surface area contributed by atoms with E-state index >= 15 is 0 Å². The van der Waals surface area contributed by atoms with Crippen molar-refractivity contribution >= 4 is 46.6 Å². The van der Waals surface area contributed by atoms with Crippen molar-refractivity contribution < 1.29 is 33.7 Å². The molecule has 1 spiro atoms. The Morgan fingerprint density at radius 1 is 0.878 bits per heavy atom. The third kappa shape index (κ3) is 8.84. The Morgan fingerprint density at radius 2 is 1.43 bits per heavy atom. The summed E-state index contributed by atoms with van der Waals surface area (Å²) in [5.74, 6) is 1.89. The molecule has 11 heteroatoms. The van der Waals surface area contributed by atoms with Gasteiger partial charge >= 0.3 is 5.97 Å². The van der Waals surface area contributed by atoms with E-state index in [0.717, 1.165) is 51.4 Å². The molecule has 49 heavy (non-hydrogen) atoms. The molecule has 2 saturated carbocycles. The van der Waals surface area contributed by atoms with Crippen LogP contribution in [0.2, 0.25) is 10.0 Å². The van der Waals surface area contributed by atoms with E-state index in [1.54, 1.807) is 57.5 Å². The minimum Gasteiger partial charge on any atom is -0.509 e. The van der Waals surface area contributed by atoms with Gasteiger partial charge in [0.15, 0.2) is 0 Å². The Hall–Kier alpha value is -3.43. The highest BCUT2D eigenvalue weighted by atomic mass is 35.5. The Labute approximate surface area is 300 Å². The Bertz CT molecular complexity index is 1530. The second-order valence-electron chi connectivity index (χ2n) is 13.3. The van der Waals surface area contributed by atoms with Gasteiger partial charge in [-0.3, -0.25) is 9.59 Å². The van der Waals surface area contributed by atoms with Crippen molar-refractivity contribution in [2.45, 2.75) is 102 Å². The summed E-state index contributed by atoms with van der Waals surface area (Å²) in [6.45, 7) is 6.43. The first kappa shape index (κ1) is 38.4. The van der Waals surface area contributed by atoms with Gasteiger partial charge in [0.2, 0.25) is 5.91 Å². The third-order valence-electron chi connectivity index (χ3n) is 10.4. The molecule has 2 aliphatic carbocycles. The van der Waals surface area contributed by atoms with E-state index in [2.05, 4.69) is 24.5 Å². The number of amides is 2. The highest BCUT2D eigenvalue weighted by Crippen LogP contribution is 2.45. The zero-order valence-corrected chi connectivity index (χ0v) is 30.8. The second-order valence-corrected chi connectivity index (χ2v) is 14.1. The zero-order chi connectivity index (χ0) is 35.8. The SMILES string of the molecule is CCC1CCC2(CC1)NC(=O)C(c1ccc(OC)cc1Cl)=C2O.CCOC(=O)C1(NC(=O)Cc2ccc(OC)cc2Cl)CCC(CC)CC1. The van der Waals surface area contributed by atoms with Crippen LogP contribution in [0.1, 0.15) is 96.1 Å². The van der Waals surface area contributed by atoms with E-state index < -0.39 is 11.1 Å². The number of hydrogen-bond donors (Lipinski definition) is 3. The molecular formula is C38H50Cl2N2O7. The van der Waals surface area contributed by atoms with Crippen LogP contribution in [0.25, 0.3) is 5.57 Å². The summed E-state index contributed by atoms with van der Waals surface area (Å²) in [6, 6.07) is 10.3. The number of nitrogens with one attached hydrogen (secondary N) is 2. The van der Waals surface area contributed by atoms with Gasteiger partial charge in [-0.05, 0) is 106 Å². The van der Waals surface area contributed by atoms with E-state index in [0.29, 0.717) is 69.5 Å². The van der Waals surface area contributed by atoms with Gasteiger partial charge in [-0.2, -0.15) is 0 Å². The fraction of sp³-hybridized carbons (Fsp3) is 0.553. The first-order valence-corrected chi connectivity index (χ1v) is 18.1. The molecule has 2 aromatic carbocycles. The average Bonchev–Trinajstić information content (AvgIpc) is 3.34. The quantitative estimate of drug-likeness (QED) is 0.213. The largest absolute Gasteiger partial charge is 0.509 e. The summed E-state index contributed by atoms with van der Waals surface area (Å²) in [5, 5.41) is 17.7. The van der Waals surface area contributed by atoms with Crippen molar-refractivity contribution in [1.29, 1.82) is 0 Å². The monoisotopic (exact) mass is 716 g/mol. The molecule has 0 saturated heterocycles. The maximum Gasteiger partial charge on any atom is 0.331 e. The van der Waals surface area contributed by atoms with Crippen LogP contribution in [-0.2, 0) is 25.5 Å². The van der Waals surface area contributed by atoms with E-state index in [1.807, 2.05) is 0 Å². The Kier molecular flexibility index (Phi) is 13.3. The lowest BCUT2D eigenvalue weighted by atomic mass is 9.75. The average molecular weight is 718 g/mol. The molecular weight excluding hydrogens is 667 g/mol. The smallest absolute Gasteiger partial charge is 0.331 e. The summed E-state index contributed by atoms with van der Waals surface area (Å²) in [5.41, 5.74) is 0.0229. The molecule has 1 heterocycles. The van der Waals surface area contributed by atoms with Crippen molar-refractivity contribution in [3.63, 3.8) is 0 Å². The van der Waals surface area contributed by atoms with Crippen molar-refractivity contribution in [2.75, 3.05) is 20.8 Å². The first-order valence-electron chi connectivity index (χ1n) is 17.3. The van der Waals surface area contributed by atoms with E-state index in [1.165, 1.54) is 0 Å². The van der Waals surface area contributed by atoms with Crippen LogP contribution >= 0.6 is 23.2 Å². The molecule has 0 bridgehead atoms. The van der Waals surface area contributed by atoms with Crippen molar-refractivity contribution in [3.05, 3.63) is 63.3 Å². The van der Waals surface area contributed by atoms with Crippen LogP contribution in [0.15, 0.2) is 42.2 Å². The lowest BCUT2D eigenvalue weighted by molar-refractivity contribution is -0.155. The number of ether oxygens (including phenoxy) is 3. The predicted octanol–water partition coefficient (Wildman–Crippen LogP) is 8.00. The summed E-state index contributed by atoms with van der Waals surface area (Å²) in [4.78, 5) is 37.7. The fourth-order valence-corrected chi connectivity index (χ4v) is 7.71. The molecule has 0 atom stereocenters. The number of rotatable bonds is 10. The molecule has 0 unspecified atom stereocenters. The lowest BCUT2D eigenvalue weighted by Crippen LogP contribution is -2.57. The zero-order valence-electron chi connectivity index (χ0n) is 29.3. The van der Waals surface area contributed by atoms with Gasteiger partial charge in [-0.1, -0.05) is 56.0 Å². The molecule has 5 rings (SSSR count). The van der Waals surface area contributed by atoms with Gasteiger partial charge < -0.3 is 30.0 Å². The molecule has 2 amide bonds. The molecule has 268 valence electrons. The minimum absolute atomic E-state index is 0.112. The minimum atomic E-state index is -0.919. The van der Waals surface area contributed by atoms with E-state index in [4.69, 9.17) is 37.4 Å². The van der Waals surface area contributed by atoms with Gasteiger partial charge in [0.25, 0.3) is 5.91 Å². The van der Waals surface area contributed by atoms with Gasteiger partial charge in [-0.15, -0.1) is 0 Å². The van der Waals surface area contributed by atoms with Crippen LogP contribution in [0.5, 0.6) is 11.5 Å². The number of esters is 1. The third-order valence-corrected chi connectivity index (χ3v) is 11.1.